The molecule has 26 heavy (non-hydrogen) atoms. The van der Waals surface area contributed by atoms with Gasteiger partial charge in [-0.1, -0.05) is 12.1 Å². The Morgan fingerprint density at radius 1 is 1.12 bits per heavy atom. The van der Waals surface area contributed by atoms with E-state index >= 15 is 0 Å². The highest BCUT2D eigenvalue weighted by atomic mass is 19.1. The van der Waals surface area contributed by atoms with Gasteiger partial charge in [0.15, 0.2) is 0 Å². The summed E-state index contributed by atoms with van der Waals surface area (Å²) in [5, 5.41) is 0. The van der Waals surface area contributed by atoms with Gasteiger partial charge in [-0.25, -0.2) is 9.37 Å². The Kier molecular flexibility index (Phi) is 5.13. The second-order valence-corrected chi connectivity index (χ2v) is 6.59. The first-order valence-corrected chi connectivity index (χ1v) is 8.88. The molecule has 4 rings (SSSR count). The Hall–Kier alpha value is -2.44. The van der Waals surface area contributed by atoms with Crippen molar-refractivity contribution in [1.29, 1.82) is 0 Å². The number of ether oxygens (including phenoxy) is 1. The minimum absolute atomic E-state index is 0.196. The zero-order valence-corrected chi connectivity index (χ0v) is 14.6. The molecule has 6 heteroatoms. The standard InChI is InChI=1S/C20H22FN3O2/c21-17-6-4-16(5-7-17)11-23-8-2-9-24-15-22-19(20(24)12-23)14-25-13-18-3-1-10-26-18/h1,3-7,10,15H,2,8-9,11-14H2. The number of aromatic nitrogens is 2. The average molecular weight is 355 g/mol. The summed E-state index contributed by atoms with van der Waals surface area (Å²) in [6.45, 7) is 4.49. The topological polar surface area (TPSA) is 43.4 Å². The van der Waals surface area contributed by atoms with Gasteiger partial charge in [-0.05, 0) is 36.2 Å². The maximum Gasteiger partial charge on any atom is 0.129 e. The maximum absolute atomic E-state index is 13.1. The maximum atomic E-state index is 13.1. The molecule has 0 saturated carbocycles. The summed E-state index contributed by atoms with van der Waals surface area (Å²) >= 11 is 0. The third-order valence-corrected chi connectivity index (χ3v) is 4.66. The lowest BCUT2D eigenvalue weighted by atomic mass is 10.2. The number of fused-ring (bicyclic) bond motifs is 1. The molecule has 3 heterocycles. The summed E-state index contributed by atoms with van der Waals surface area (Å²) in [5.41, 5.74) is 3.29. The van der Waals surface area contributed by atoms with Crippen molar-refractivity contribution in [2.75, 3.05) is 6.54 Å². The van der Waals surface area contributed by atoms with Crippen LogP contribution in [0.4, 0.5) is 4.39 Å². The fourth-order valence-electron chi connectivity index (χ4n) is 3.33. The molecule has 0 unspecified atom stereocenters. The molecule has 0 atom stereocenters. The smallest absolute Gasteiger partial charge is 0.129 e. The van der Waals surface area contributed by atoms with Crippen molar-refractivity contribution in [2.45, 2.75) is 39.3 Å². The predicted octanol–water partition coefficient (Wildman–Crippen LogP) is 3.74. The van der Waals surface area contributed by atoms with Gasteiger partial charge < -0.3 is 13.7 Å². The van der Waals surface area contributed by atoms with Crippen LogP contribution in [0, 0.1) is 5.82 Å². The van der Waals surface area contributed by atoms with Gasteiger partial charge in [0.1, 0.15) is 18.2 Å². The van der Waals surface area contributed by atoms with Crippen molar-refractivity contribution in [1.82, 2.24) is 14.5 Å². The zero-order valence-electron chi connectivity index (χ0n) is 14.6. The lowest BCUT2D eigenvalue weighted by Gasteiger charge is -2.20. The molecule has 0 saturated heterocycles. The fraction of sp³-hybridized carbons (Fsp3) is 0.350. The van der Waals surface area contributed by atoms with E-state index < -0.39 is 0 Å². The van der Waals surface area contributed by atoms with Crippen LogP contribution in [0.25, 0.3) is 0 Å². The molecule has 1 aliphatic heterocycles. The van der Waals surface area contributed by atoms with E-state index in [2.05, 4.69) is 14.5 Å². The van der Waals surface area contributed by atoms with Crippen molar-refractivity contribution in [3.63, 3.8) is 0 Å². The van der Waals surface area contributed by atoms with E-state index in [0.29, 0.717) is 13.2 Å². The highest BCUT2D eigenvalue weighted by molar-refractivity contribution is 5.17. The number of rotatable bonds is 6. The highest BCUT2D eigenvalue weighted by Crippen LogP contribution is 2.19. The lowest BCUT2D eigenvalue weighted by molar-refractivity contribution is 0.0897. The van der Waals surface area contributed by atoms with E-state index in [9.17, 15) is 4.39 Å². The van der Waals surface area contributed by atoms with Gasteiger partial charge in [0.05, 0.1) is 30.6 Å². The van der Waals surface area contributed by atoms with Gasteiger partial charge in [-0.2, -0.15) is 0 Å². The van der Waals surface area contributed by atoms with E-state index in [1.165, 1.54) is 17.8 Å². The quantitative estimate of drug-likeness (QED) is 0.676. The summed E-state index contributed by atoms with van der Waals surface area (Å²) in [7, 11) is 0. The van der Waals surface area contributed by atoms with E-state index in [0.717, 1.165) is 49.6 Å². The SMILES string of the molecule is Fc1ccc(CN2CCCn3cnc(COCc4ccco4)c3C2)cc1. The molecule has 0 aliphatic carbocycles. The van der Waals surface area contributed by atoms with E-state index in [1.54, 1.807) is 6.26 Å². The number of benzene rings is 1. The van der Waals surface area contributed by atoms with E-state index in [4.69, 9.17) is 9.15 Å². The lowest BCUT2D eigenvalue weighted by Crippen LogP contribution is -2.23. The van der Waals surface area contributed by atoms with Crippen LogP contribution in [-0.4, -0.2) is 21.0 Å². The van der Waals surface area contributed by atoms with Crippen molar-refractivity contribution < 1.29 is 13.5 Å². The molecule has 2 aromatic heterocycles. The van der Waals surface area contributed by atoms with Gasteiger partial charge >= 0.3 is 0 Å². The van der Waals surface area contributed by atoms with Crippen LogP contribution in [0.5, 0.6) is 0 Å². The van der Waals surface area contributed by atoms with Crippen LogP contribution in [0.2, 0.25) is 0 Å². The van der Waals surface area contributed by atoms with E-state index in [-0.39, 0.29) is 5.82 Å². The highest BCUT2D eigenvalue weighted by Gasteiger charge is 2.19. The molecule has 0 radical (unpaired) electrons. The summed E-state index contributed by atoms with van der Waals surface area (Å²) < 4.78 is 26.4. The van der Waals surface area contributed by atoms with Gasteiger partial charge in [0.25, 0.3) is 0 Å². The average Bonchev–Trinajstić information content (AvgIpc) is 3.24. The van der Waals surface area contributed by atoms with Gasteiger partial charge in [-0.15, -0.1) is 0 Å². The van der Waals surface area contributed by atoms with Crippen molar-refractivity contribution in [3.05, 3.63) is 77.5 Å². The van der Waals surface area contributed by atoms with Crippen molar-refractivity contribution >= 4 is 0 Å². The molecule has 136 valence electrons. The predicted molar refractivity (Wildman–Crippen MR) is 94.6 cm³/mol. The van der Waals surface area contributed by atoms with Crippen LogP contribution in [0.15, 0.2) is 53.4 Å². The Balaban J connectivity index is 1.41. The van der Waals surface area contributed by atoms with Crippen LogP contribution in [0.1, 0.15) is 29.1 Å². The Morgan fingerprint density at radius 2 is 2.00 bits per heavy atom. The minimum Gasteiger partial charge on any atom is -0.467 e. The first kappa shape index (κ1) is 17.0. The van der Waals surface area contributed by atoms with Crippen LogP contribution >= 0.6 is 0 Å². The Morgan fingerprint density at radius 3 is 2.81 bits per heavy atom. The van der Waals surface area contributed by atoms with Crippen molar-refractivity contribution in [2.24, 2.45) is 0 Å². The van der Waals surface area contributed by atoms with Crippen molar-refractivity contribution in [3.8, 4) is 0 Å². The normalized spacial score (nSPS) is 15.0. The van der Waals surface area contributed by atoms with Gasteiger partial charge in [-0.3, -0.25) is 4.90 Å². The number of hydrogen-bond acceptors (Lipinski definition) is 4. The molecule has 0 amide bonds. The molecule has 1 aliphatic rings. The molecule has 3 aromatic rings. The Bertz CT molecular complexity index is 827. The Labute approximate surface area is 152 Å². The number of aryl methyl sites for hydroxylation is 1. The number of furan rings is 1. The molecular formula is C20H22FN3O2. The summed E-state index contributed by atoms with van der Waals surface area (Å²) in [5.74, 6) is 0.618. The number of nitrogens with zero attached hydrogens (tertiary/aromatic N) is 3. The molecular weight excluding hydrogens is 333 g/mol. The second kappa shape index (κ2) is 7.85. The first-order valence-electron chi connectivity index (χ1n) is 8.88. The number of imidazole rings is 1. The summed E-state index contributed by atoms with van der Waals surface area (Å²) in [6, 6.07) is 10.5. The number of hydrogen-bond donors (Lipinski definition) is 0. The monoisotopic (exact) mass is 355 g/mol. The fourth-order valence-corrected chi connectivity index (χ4v) is 3.33. The summed E-state index contributed by atoms with van der Waals surface area (Å²) in [4.78, 5) is 6.92. The first-order chi connectivity index (χ1) is 12.8. The molecule has 0 N–H and O–H groups in total. The van der Waals surface area contributed by atoms with Gasteiger partial charge in [0, 0.05) is 26.2 Å². The molecule has 0 spiro atoms. The molecule has 5 nitrogen and oxygen atoms in total. The minimum atomic E-state index is -0.196. The van der Waals surface area contributed by atoms with Gasteiger partial charge in [0.2, 0.25) is 0 Å². The van der Waals surface area contributed by atoms with E-state index in [1.807, 2.05) is 30.6 Å². The third-order valence-electron chi connectivity index (χ3n) is 4.66. The number of halogens is 1. The van der Waals surface area contributed by atoms with Crippen LogP contribution in [0.3, 0.4) is 0 Å². The zero-order chi connectivity index (χ0) is 17.8. The van der Waals surface area contributed by atoms with Crippen LogP contribution in [-0.2, 0) is 37.6 Å². The molecule has 0 fully saturated rings. The third kappa shape index (κ3) is 4.03. The summed E-state index contributed by atoms with van der Waals surface area (Å²) in [6.07, 6.45) is 4.62. The second-order valence-electron chi connectivity index (χ2n) is 6.59. The largest absolute Gasteiger partial charge is 0.467 e. The molecule has 1 aromatic carbocycles. The molecule has 0 bridgehead atoms. The van der Waals surface area contributed by atoms with Crippen LogP contribution < -0.4 is 0 Å².